The molecule has 6 nitrogen and oxygen atoms in total. The van der Waals surface area contributed by atoms with Crippen LogP contribution in [0, 0.1) is 0 Å². The molecule has 1 aliphatic heterocycles. The van der Waals surface area contributed by atoms with Crippen LogP contribution in [-0.2, 0) is 19.1 Å². The zero-order valence-electron chi connectivity index (χ0n) is 11.9. The van der Waals surface area contributed by atoms with Gasteiger partial charge in [-0.05, 0) is 19.8 Å². The highest BCUT2D eigenvalue weighted by molar-refractivity contribution is 6.48. The number of ketones is 1. The highest BCUT2D eigenvalue weighted by Gasteiger charge is 2.38. The van der Waals surface area contributed by atoms with Crippen LogP contribution in [0.2, 0.25) is 0 Å². The minimum Gasteiger partial charge on any atom is -0.460 e. The Morgan fingerprint density at radius 2 is 2.05 bits per heavy atom. The SMILES string of the molecule is CCOC(=O)C(=O)CC1=N[C@@H]2CCCC[C@H]2N(C)C1=O. The number of aliphatic imine (C=N–C) groups is 1. The van der Waals surface area contributed by atoms with Gasteiger partial charge in [-0.1, -0.05) is 12.8 Å². The van der Waals surface area contributed by atoms with E-state index in [-0.39, 0.29) is 36.7 Å². The van der Waals surface area contributed by atoms with E-state index in [2.05, 4.69) is 9.73 Å². The molecule has 0 spiro atoms. The van der Waals surface area contributed by atoms with Crippen LogP contribution in [0.15, 0.2) is 4.99 Å². The van der Waals surface area contributed by atoms with Crippen LogP contribution in [0.4, 0.5) is 0 Å². The van der Waals surface area contributed by atoms with E-state index < -0.39 is 11.8 Å². The topological polar surface area (TPSA) is 76.0 Å². The molecule has 2 aliphatic rings. The number of carbonyl (C=O) groups is 3. The van der Waals surface area contributed by atoms with Gasteiger partial charge in [0.2, 0.25) is 5.78 Å². The van der Waals surface area contributed by atoms with Gasteiger partial charge in [-0.3, -0.25) is 14.6 Å². The third-order valence-corrected chi connectivity index (χ3v) is 3.91. The minimum atomic E-state index is -0.892. The first-order valence-corrected chi connectivity index (χ1v) is 7.08. The number of carbonyl (C=O) groups excluding carboxylic acids is 3. The highest BCUT2D eigenvalue weighted by Crippen LogP contribution is 2.28. The van der Waals surface area contributed by atoms with Crippen molar-refractivity contribution in [1.82, 2.24) is 4.90 Å². The van der Waals surface area contributed by atoms with Crippen molar-refractivity contribution in [3.05, 3.63) is 0 Å². The maximum atomic E-state index is 12.2. The lowest BCUT2D eigenvalue weighted by Gasteiger charge is -2.39. The lowest BCUT2D eigenvalue weighted by atomic mass is 9.87. The van der Waals surface area contributed by atoms with E-state index in [0.717, 1.165) is 25.7 Å². The van der Waals surface area contributed by atoms with E-state index in [1.54, 1.807) is 18.9 Å². The van der Waals surface area contributed by atoms with E-state index >= 15 is 0 Å². The number of nitrogens with zero attached hydrogens (tertiary/aromatic N) is 2. The van der Waals surface area contributed by atoms with Crippen molar-refractivity contribution in [3.63, 3.8) is 0 Å². The lowest BCUT2D eigenvalue weighted by molar-refractivity contribution is -0.153. The Morgan fingerprint density at radius 3 is 2.75 bits per heavy atom. The van der Waals surface area contributed by atoms with Gasteiger partial charge < -0.3 is 9.64 Å². The molecule has 0 aromatic heterocycles. The first-order valence-electron chi connectivity index (χ1n) is 7.08. The van der Waals surface area contributed by atoms with Crippen molar-refractivity contribution in [2.45, 2.75) is 51.1 Å². The standard InChI is InChI=1S/C14H20N2O4/c1-3-20-14(19)12(17)8-10-13(18)16(2)11-7-5-4-6-9(11)15-10/h9,11H,3-8H2,1-2H3/t9-,11-/m1/s1. The molecule has 0 saturated heterocycles. The minimum absolute atomic E-state index is 0.0662. The second-order valence-electron chi connectivity index (χ2n) is 5.23. The predicted octanol–water partition coefficient (Wildman–Crippen LogP) is 0.733. The molecule has 0 aromatic rings. The Morgan fingerprint density at radius 1 is 1.35 bits per heavy atom. The maximum absolute atomic E-state index is 12.2. The molecule has 20 heavy (non-hydrogen) atoms. The number of hydrogen-bond acceptors (Lipinski definition) is 5. The van der Waals surface area contributed by atoms with Crippen molar-refractivity contribution >= 4 is 23.4 Å². The Hall–Kier alpha value is -1.72. The average Bonchev–Trinajstić information content (AvgIpc) is 2.44. The number of likely N-dealkylation sites (N-methyl/N-ethyl adjacent to an activating group) is 1. The third-order valence-electron chi connectivity index (χ3n) is 3.91. The first kappa shape index (κ1) is 14.7. The summed E-state index contributed by atoms with van der Waals surface area (Å²) < 4.78 is 4.65. The fourth-order valence-electron chi connectivity index (χ4n) is 2.86. The molecule has 6 heteroatoms. The molecule has 1 amide bonds. The number of ether oxygens (including phenoxy) is 1. The highest BCUT2D eigenvalue weighted by atomic mass is 16.5. The van der Waals surface area contributed by atoms with Gasteiger partial charge in [0.1, 0.15) is 5.71 Å². The molecule has 110 valence electrons. The predicted molar refractivity (Wildman–Crippen MR) is 72.5 cm³/mol. The third kappa shape index (κ3) is 2.89. The van der Waals surface area contributed by atoms with Gasteiger partial charge >= 0.3 is 5.97 Å². The van der Waals surface area contributed by atoms with E-state index in [1.165, 1.54) is 0 Å². The second-order valence-corrected chi connectivity index (χ2v) is 5.23. The van der Waals surface area contributed by atoms with Crippen molar-refractivity contribution in [1.29, 1.82) is 0 Å². The largest absolute Gasteiger partial charge is 0.460 e. The summed E-state index contributed by atoms with van der Waals surface area (Å²) in [4.78, 5) is 41.3. The Kier molecular flexibility index (Phi) is 4.52. The van der Waals surface area contributed by atoms with E-state index in [9.17, 15) is 14.4 Å². The van der Waals surface area contributed by atoms with Crippen molar-refractivity contribution in [2.75, 3.05) is 13.7 Å². The molecule has 1 aliphatic carbocycles. The van der Waals surface area contributed by atoms with Crippen LogP contribution < -0.4 is 0 Å². The summed E-state index contributed by atoms with van der Waals surface area (Å²) in [6, 6.07) is 0.203. The summed E-state index contributed by atoms with van der Waals surface area (Å²) in [7, 11) is 1.74. The molecule has 1 saturated carbocycles. The van der Waals surface area contributed by atoms with Crippen LogP contribution in [0.3, 0.4) is 0 Å². The van der Waals surface area contributed by atoms with Gasteiger partial charge in [0.05, 0.1) is 25.1 Å². The van der Waals surface area contributed by atoms with Crippen molar-refractivity contribution in [3.8, 4) is 0 Å². The van der Waals surface area contributed by atoms with Gasteiger partial charge in [0, 0.05) is 7.05 Å². The summed E-state index contributed by atoms with van der Waals surface area (Å²) in [5, 5.41) is 0. The number of fused-ring (bicyclic) bond motifs is 1. The normalized spacial score (nSPS) is 25.8. The summed E-state index contributed by atoms with van der Waals surface area (Å²) in [5.74, 6) is -1.84. The first-order chi connectivity index (χ1) is 9.54. The van der Waals surface area contributed by atoms with Crippen LogP contribution in [-0.4, -0.2) is 54.0 Å². The van der Waals surface area contributed by atoms with Gasteiger partial charge in [-0.15, -0.1) is 0 Å². The molecule has 0 N–H and O–H groups in total. The number of amides is 1. The molecular weight excluding hydrogens is 260 g/mol. The molecule has 1 heterocycles. The zero-order chi connectivity index (χ0) is 14.7. The number of esters is 1. The smallest absolute Gasteiger partial charge is 0.375 e. The van der Waals surface area contributed by atoms with Gasteiger partial charge in [-0.25, -0.2) is 4.79 Å². The summed E-state index contributed by atoms with van der Waals surface area (Å²) >= 11 is 0. The summed E-state index contributed by atoms with van der Waals surface area (Å²) in [5.41, 5.74) is 0.189. The summed E-state index contributed by atoms with van der Waals surface area (Å²) in [6.07, 6.45) is 3.82. The lowest BCUT2D eigenvalue weighted by Crippen LogP contribution is -2.52. The molecule has 0 bridgehead atoms. The molecule has 2 rings (SSSR count). The number of hydrogen-bond donors (Lipinski definition) is 0. The Balaban J connectivity index is 2.10. The number of rotatable bonds is 4. The van der Waals surface area contributed by atoms with Crippen LogP contribution in [0.25, 0.3) is 0 Å². The summed E-state index contributed by atoms with van der Waals surface area (Å²) in [6.45, 7) is 1.78. The second kappa shape index (κ2) is 6.15. The fourth-order valence-corrected chi connectivity index (χ4v) is 2.86. The van der Waals surface area contributed by atoms with Gasteiger partial charge in [0.15, 0.2) is 0 Å². The Bertz CT molecular complexity index is 458. The molecular formula is C14H20N2O4. The van der Waals surface area contributed by atoms with Crippen molar-refractivity contribution in [2.24, 2.45) is 4.99 Å². The molecule has 1 fully saturated rings. The van der Waals surface area contributed by atoms with Gasteiger partial charge in [-0.2, -0.15) is 0 Å². The Labute approximate surface area is 118 Å². The van der Waals surface area contributed by atoms with Crippen LogP contribution in [0.5, 0.6) is 0 Å². The van der Waals surface area contributed by atoms with E-state index in [1.807, 2.05) is 0 Å². The molecule has 0 unspecified atom stereocenters. The van der Waals surface area contributed by atoms with Gasteiger partial charge in [0.25, 0.3) is 5.91 Å². The maximum Gasteiger partial charge on any atom is 0.375 e. The molecule has 0 aromatic carbocycles. The fraction of sp³-hybridized carbons (Fsp3) is 0.714. The van der Waals surface area contributed by atoms with Crippen LogP contribution >= 0.6 is 0 Å². The van der Waals surface area contributed by atoms with E-state index in [4.69, 9.17) is 0 Å². The number of Topliss-reactive ketones (excluding diaryl/α,β-unsaturated/α-hetero) is 1. The monoisotopic (exact) mass is 280 g/mol. The molecule has 2 atom stereocenters. The zero-order valence-corrected chi connectivity index (χ0v) is 11.9. The average molecular weight is 280 g/mol. The van der Waals surface area contributed by atoms with E-state index in [0.29, 0.717) is 0 Å². The van der Waals surface area contributed by atoms with Crippen LogP contribution in [0.1, 0.15) is 39.0 Å². The van der Waals surface area contributed by atoms with Crippen molar-refractivity contribution < 1.29 is 19.1 Å². The molecule has 0 radical (unpaired) electrons. The quantitative estimate of drug-likeness (QED) is 0.562.